The average molecular weight is 209 g/mol. The Morgan fingerprint density at radius 2 is 2.07 bits per heavy atom. The molecule has 0 aliphatic rings. The number of benzene rings is 1. The van der Waals surface area contributed by atoms with Gasteiger partial charge in [0.1, 0.15) is 5.75 Å². The number of ether oxygens (including phenoxy) is 1. The van der Waals surface area contributed by atoms with Gasteiger partial charge in [-0.05, 0) is 31.9 Å². The molecule has 1 rings (SSSR count). The van der Waals surface area contributed by atoms with Crippen LogP contribution < -0.4 is 10.5 Å². The van der Waals surface area contributed by atoms with Gasteiger partial charge < -0.3 is 15.6 Å². The zero-order valence-corrected chi connectivity index (χ0v) is 9.58. The van der Waals surface area contributed by atoms with Gasteiger partial charge in [0, 0.05) is 5.56 Å². The normalized spacial score (nSPS) is 12.6. The second-order valence-electron chi connectivity index (χ2n) is 3.65. The standard InChI is InChI=1S/C12H19NO2/c1-4-15-12-9(3)8(2)5-6-10(12)11(13)7-14/h5-6,11,14H,4,7,13H2,1-3H3. The molecule has 0 fully saturated rings. The lowest BCUT2D eigenvalue weighted by Crippen LogP contribution is -2.16. The van der Waals surface area contributed by atoms with Crippen LogP contribution in [0, 0.1) is 13.8 Å². The van der Waals surface area contributed by atoms with Crippen LogP contribution in [0.25, 0.3) is 0 Å². The quantitative estimate of drug-likeness (QED) is 0.793. The number of hydrogen-bond acceptors (Lipinski definition) is 3. The number of nitrogens with two attached hydrogens (primary N) is 1. The first-order valence-electron chi connectivity index (χ1n) is 5.21. The van der Waals surface area contributed by atoms with Crippen LogP contribution in [0.2, 0.25) is 0 Å². The Labute approximate surface area is 90.9 Å². The molecule has 0 saturated carbocycles. The van der Waals surface area contributed by atoms with Gasteiger partial charge in [0.15, 0.2) is 0 Å². The third-order valence-corrected chi connectivity index (χ3v) is 2.59. The van der Waals surface area contributed by atoms with E-state index in [-0.39, 0.29) is 12.6 Å². The Kier molecular flexibility index (Phi) is 4.12. The van der Waals surface area contributed by atoms with Crippen molar-refractivity contribution in [2.45, 2.75) is 26.8 Å². The summed E-state index contributed by atoms with van der Waals surface area (Å²) in [4.78, 5) is 0. The third-order valence-electron chi connectivity index (χ3n) is 2.59. The monoisotopic (exact) mass is 209 g/mol. The van der Waals surface area contributed by atoms with Crippen LogP contribution in [0.15, 0.2) is 12.1 Å². The van der Waals surface area contributed by atoms with Crippen molar-refractivity contribution in [1.82, 2.24) is 0 Å². The molecule has 0 spiro atoms. The summed E-state index contributed by atoms with van der Waals surface area (Å²) in [5.74, 6) is 0.819. The molecule has 3 heteroatoms. The fraction of sp³-hybridized carbons (Fsp3) is 0.500. The van der Waals surface area contributed by atoms with E-state index in [0.717, 1.165) is 16.9 Å². The van der Waals surface area contributed by atoms with Gasteiger partial charge in [-0.15, -0.1) is 0 Å². The molecule has 1 unspecified atom stereocenters. The predicted octanol–water partition coefficient (Wildman–Crippen LogP) is 1.69. The van der Waals surface area contributed by atoms with Crippen molar-refractivity contribution in [3.05, 3.63) is 28.8 Å². The van der Waals surface area contributed by atoms with Crippen molar-refractivity contribution in [2.24, 2.45) is 5.73 Å². The smallest absolute Gasteiger partial charge is 0.127 e. The maximum Gasteiger partial charge on any atom is 0.127 e. The van der Waals surface area contributed by atoms with Crippen LogP contribution in [-0.4, -0.2) is 18.3 Å². The largest absolute Gasteiger partial charge is 0.493 e. The van der Waals surface area contributed by atoms with Crippen molar-refractivity contribution in [1.29, 1.82) is 0 Å². The van der Waals surface area contributed by atoms with Gasteiger partial charge in [-0.25, -0.2) is 0 Å². The fourth-order valence-corrected chi connectivity index (χ4v) is 1.54. The molecule has 0 aliphatic heterocycles. The fourth-order valence-electron chi connectivity index (χ4n) is 1.54. The lowest BCUT2D eigenvalue weighted by molar-refractivity contribution is 0.261. The molecule has 0 bridgehead atoms. The summed E-state index contributed by atoms with van der Waals surface area (Å²) in [5, 5.41) is 9.06. The minimum Gasteiger partial charge on any atom is -0.493 e. The van der Waals surface area contributed by atoms with Crippen molar-refractivity contribution < 1.29 is 9.84 Å². The van der Waals surface area contributed by atoms with Gasteiger partial charge >= 0.3 is 0 Å². The summed E-state index contributed by atoms with van der Waals surface area (Å²) in [6.45, 7) is 6.52. The summed E-state index contributed by atoms with van der Waals surface area (Å²) in [7, 11) is 0. The number of aliphatic hydroxyl groups is 1. The first kappa shape index (κ1) is 12.0. The third kappa shape index (κ3) is 2.49. The van der Waals surface area contributed by atoms with E-state index in [4.69, 9.17) is 15.6 Å². The van der Waals surface area contributed by atoms with E-state index in [1.165, 1.54) is 5.56 Å². The minimum absolute atomic E-state index is 0.0669. The van der Waals surface area contributed by atoms with E-state index in [1.807, 2.05) is 32.9 Å². The Morgan fingerprint density at radius 1 is 1.40 bits per heavy atom. The second-order valence-corrected chi connectivity index (χ2v) is 3.65. The zero-order valence-electron chi connectivity index (χ0n) is 9.58. The molecule has 1 atom stereocenters. The summed E-state index contributed by atoms with van der Waals surface area (Å²) >= 11 is 0. The zero-order chi connectivity index (χ0) is 11.4. The van der Waals surface area contributed by atoms with Crippen molar-refractivity contribution in [3.8, 4) is 5.75 Å². The molecule has 15 heavy (non-hydrogen) atoms. The van der Waals surface area contributed by atoms with E-state index in [2.05, 4.69) is 0 Å². The number of aliphatic hydroxyl groups excluding tert-OH is 1. The topological polar surface area (TPSA) is 55.5 Å². The maximum absolute atomic E-state index is 9.06. The molecule has 0 saturated heterocycles. The molecule has 0 aliphatic carbocycles. The van der Waals surface area contributed by atoms with Crippen LogP contribution in [0.4, 0.5) is 0 Å². The minimum atomic E-state index is -0.370. The summed E-state index contributed by atoms with van der Waals surface area (Å²) in [5.41, 5.74) is 8.96. The number of rotatable bonds is 4. The molecular formula is C12H19NO2. The van der Waals surface area contributed by atoms with Gasteiger partial charge in [-0.1, -0.05) is 12.1 Å². The molecule has 84 valence electrons. The van der Waals surface area contributed by atoms with E-state index < -0.39 is 0 Å². The van der Waals surface area contributed by atoms with E-state index in [9.17, 15) is 0 Å². The first-order chi connectivity index (χ1) is 7.11. The molecule has 3 N–H and O–H groups in total. The van der Waals surface area contributed by atoms with Crippen LogP contribution >= 0.6 is 0 Å². The highest BCUT2D eigenvalue weighted by Gasteiger charge is 2.14. The molecular weight excluding hydrogens is 190 g/mol. The average Bonchev–Trinajstić information content (AvgIpc) is 2.24. The summed E-state index contributed by atoms with van der Waals surface area (Å²) < 4.78 is 5.58. The highest BCUT2D eigenvalue weighted by atomic mass is 16.5. The van der Waals surface area contributed by atoms with Crippen molar-refractivity contribution >= 4 is 0 Å². The SMILES string of the molecule is CCOc1c(C(N)CO)ccc(C)c1C. The molecule has 0 amide bonds. The van der Waals surface area contributed by atoms with Gasteiger partial charge in [-0.2, -0.15) is 0 Å². The highest BCUT2D eigenvalue weighted by Crippen LogP contribution is 2.30. The number of aryl methyl sites for hydroxylation is 1. The van der Waals surface area contributed by atoms with Crippen LogP contribution in [-0.2, 0) is 0 Å². The van der Waals surface area contributed by atoms with Crippen molar-refractivity contribution in [2.75, 3.05) is 13.2 Å². The number of hydrogen-bond donors (Lipinski definition) is 2. The summed E-state index contributed by atoms with van der Waals surface area (Å²) in [6.07, 6.45) is 0. The Bertz CT molecular complexity index is 337. The van der Waals surface area contributed by atoms with Gasteiger partial charge in [-0.3, -0.25) is 0 Å². The molecule has 3 nitrogen and oxygen atoms in total. The lowest BCUT2D eigenvalue weighted by atomic mass is 10.00. The van der Waals surface area contributed by atoms with E-state index in [0.29, 0.717) is 6.61 Å². The van der Waals surface area contributed by atoms with Gasteiger partial charge in [0.25, 0.3) is 0 Å². The van der Waals surface area contributed by atoms with Crippen LogP contribution in [0.1, 0.15) is 29.7 Å². The maximum atomic E-state index is 9.06. The Hall–Kier alpha value is -1.06. The molecule has 1 aromatic rings. The van der Waals surface area contributed by atoms with Gasteiger partial charge in [0.2, 0.25) is 0 Å². The molecule has 0 aromatic heterocycles. The Balaban J connectivity index is 3.20. The Morgan fingerprint density at radius 3 is 2.60 bits per heavy atom. The second kappa shape index (κ2) is 5.14. The van der Waals surface area contributed by atoms with E-state index >= 15 is 0 Å². The summed E-state index contributed by atoms with van der Waals surface area (Å²) in [6, 6.07) is 3.56. The predicted molar refractivity (Wildman–Crippen MR) is 61.1 cm³/mol. The molecule has 1 aromatic carbocycles. The first-order valence-corrected chi connectivity index (χ1v) is 5.21. The van der Waals surface area contributed by atoms with Crippen LogP contribution in [0.5, 0.6) is 5.75 Å². The lowest BCUT2D eigenvalue weighted by Gasteiger charge is -2.18. The van der Waals surface area contributed by atoms with Crippen LogP contribution in [0.3, 0.4) is 0 Å². The molecule has 0 heterocycles. The highest BCUT2D eigenvalue weighted by molar-refractivity contribution is 5.46. The van der Waals surface area contributed by atoms with E-state index in [1.54, 1.807) is 0 Å². The van der Waals surface area contributed by atoms with Crippen molar-refractivity contribution in [3.63, 3.8) is 0 Å². The van der Waals surface area contributed by atoms with Gasteiger partial charge in [0.05, 0.1) is 19.3 Å². The molecule has 0 radical (unpaired) electrons.